The maximum atomic E-state index is 12.9. The van der Waals surface area contributed by atoms with Gasteiger partial charge in [-0.15, -0.1) is 0 Å². The van der Waals surface area contributed by atoms with Gasteiger partial charge in [0.25, 0.3) is 0 Å². The second kappa shape index (κ2) is 11.8. The van der Waals surface area contributed by atoms with Gasteiger partial charge in [-0.05, 0) is 60.2 Å². The molecular weight excluding hydrogens is 440 g/mol. The zero-order valence-corrected chi connectivity index (χ0v) is 20.4. The average Bonchev–Trinajstić information content (AvgIpc) is 2.85. The highest BCUT2D eigenvalue weighted by molar-refractivity contribution is 5.96. The Kier molecular flexibility index (Phi) is 8.63. The maximum Gasteiger partial charge on any atom is 0.346 e. The number of fused-ring (bicyclic) bond motifs is 1. The van der Waals surface area contributed by atoms with E-state index in [-0.39, 0.29) is 11.2 Å². The van der Waals surface area contributed by atoms with Crippen LogP contribution in [0.5, 0.6) is 0 Å². The molecule has 3 rings (SSSR count). The molecule has 0 fully saturated rings. The van der Waals surface area contributed by atoms with Gasteiger partial charge in [-0.25, -0.2) is 9.59 Å². The lowest BCUT2D eigenvalue weighted by Crippen LogP contribution is -2.24. The molecule has 0 unspecified atom stereocenters. The normalized spacial score (nSPS) is 11.7. The van der Waals surface area contributed by atoms with Crippen molar-refractivity contribution in [1.29, 1.82) is 5.26 Å². The number of hydrogen-bond acceptors (Lipinski definition) is 5. The van der Waals surface area contributed by atoms with Crippen molar-refractivity contribution in [3.05, 3.63) is 80.7 Å². The van der Waals surface area contributed by atoms with Gasteiger partial charge >= 0.3 is 11.6 Å². The molecule has 0 amide bonds. The number of rotatable bonds is 10. The minimum absolute atomic E-state index is 0.328. The smallest absolute Gasteiger partial charge is 0.346 e. The Morgan fingerprint density at radius 3 is 2.26 bits per heavy atom. The summed E-state index contributed by atoms with van der Waals surface area (Å²) in [7, 11) is 0. The summed E-state index contributed by atoms with van der Waals surface area (Å²) in [6, 6.07) is 14.8. The van der Waals surface area contributed by atoms with Gasteiger partial charge in [-0.2, -0.15) is 5.26 Å². The number of carboxylic acids is 1. The Labute approximate surface area is 205 Å². The van der Waals surface area contributed by atoms with Crippen LogP contribution in [-0.2, 0) is 11.2 Å². The molecule has 0 saturated heterocycles. The lowest BCUT2D eigenvalue weighted by Gasteiger charge is -2.24. The van der Waals surface area contributed by atoms with Gasteiger partial charge in [0.05, 0.1) is 5.56 Å². The number of carboxylic acid groups (broad SMARTS) is 1. The SMILES string of the molecule is CCCN(CCC)c1ccc2c(CC)c(/C=C/c3ccc(C=C(C#N)C(=O)O)cc3)c(=O)oc2c1. The van der Waals surface area contributed by atoms with Crippen LogP contribution in [0.4, 0.5) is 5.69 Å². The minimum Gasteiger partial charge on any atom is -0.477 e. The Balaban J connectivity index is 1.95. The molecule has 0 atom stereocenters. The zero-order valence-electron chi connectivity index (χ0n) is 20.4. The van der Waals surface area contributed by atoms with E-state index in [0.29, 0.717) is 23.1 Å². The first-order valence-electron chi connectivity index (χ1n) is 11.9. The van der Waals surface area contributed by atoms with E-state index >= 15 is 0 Å². The third-order valence-corrected chi connectivity index (χ3v) is 5.78. The van der Waals surface area contributed by atoms with Gasteiger partial charge < -0.3 is 14.4 Å². The number of aryl methyl sites for hydroxylation is 1. The molecule has 2 aromatic carbocycles. The number of anilines is 1. The van der Waals surface area contributed by atoms with E-state index in [2.05, 4.69) is 24.8 Å². The predicted octanol–water partition coefficient (Wildman–Crippen LogP) is 6.14. The van der Waals surface area contributed by atoms with Gasteiger partial charge in [-0.1, -0.05) is 51.1 Å². The van der Waals surface area contributed by atoms with Crippen molar-refractivity contribution in [3.8, 4) is 6.07 Å². The van der Waals surface area contributed by atoms with E-state index in [0.717, 1.165) is 48.1 Å². The molecule has 0 bridgehead atoms. The van der Waals surface area contributed by atoms with Crippen LogP contribution in [0.15, 0.2) is 57.2 Å². The van der Waals surface area contributed by atoms with Gasteiger partial charge in [0.1, 0.15) is 17.2 Å². The fourth-order valence-electron chi connectivity index (χ4n) is 4.12. The van der Waals surface area contributed by atoms with Crippen molar-refractivity contribution in [1.82, 2.24) is 0 Å². The van der Waals surface area contributed by atoms with Crippen molar-refractivity contribution in [2.45, 2.75) is 40.0 Å². The summed E-state index contributed by atoms with van der Waals surface area (Å²) in [6.07, 6.45) is 7.68. The van der Waals surface area contributed by atoms with E-state index in [1.165, 1.54) is 6.08 Å². The van der Waals surface area contributed by atoms with Crippen LogP contribution in [0.1, 0.15) is 55.9 Å². The van der Waals surface area contributed by atoms with E-state index < -0.39 is 5.97 Å². The van der Waals surface area contributed by atoms with Gasteiger partial charge in [-0.3, -0.25) is 0 Å². The minimum atomic E-state index is -1.26. The predicted molar refractivity (Wildman–Crippen MR) is 141 cm³/mol. The summed E-state index contributed by atoms with van der Waals surface area (Å²) >= 11 is 0. The lowest BCUT2D eigenvalue weighted by atomic mass is 10.0. The van der Waals surface area contributed by atoms with Crippen LogP contribution in [0.3, 0.4) is 0 Å². The van der Waals surface area contributed by atoms with Crippen molar-refractivity contribution < 1.29 is 14.3 Å². The second-order valence-corrected chi connectivity index (χ2v) is 8.28. The molecule has 3 aromatic rings. The number of nitrogens with zero attached hydrogens (tertiary/aromatic N) is 2. The van der Waals surface area contributed by atoms with Gasteiger partial charge in [0.2, 0.25) is 0 Å². The molecule has 6 nitrogen and oxygen atoms in total. The number of carbonyl (C=O) groups is 1. The standard InChI is InChI=1S/C29H30N2O4/c1-4-15-31(16-5-2)23-12-14-25-24(6-3)26(29(34)35-27(25)18-23)13-11-20-7-9-21(10-8-20)17-22(19-30)28(32)33/h7-14,17-18H,4-6,15-16H2,1-3H3,(H,32,33)/b13-11+,22-17?. The lowest BCUT2D eigenvalue weighted by molar-refractivity contribution is -0.132. The number of hydrogen-bond donors (Lipinski definition) is 1. The molecule has 180 valence electrons. The molecule has 0 saturated carbocycles. The fraction of sp³-hybridized carbons (Fsp3) is 0.276. The molecule has 1 N–H and O–H groups in total. The van der Waals surface area contributed by atoms with Crippen LogP contribution in [0.2, 0.25) is 0 Å². The van der Waals surface area contributed by atoms with Gasteiger partial charge in [0.15, 0.2) is 0 Å². The van der Waals surface area contributed by atoms with Crippen molar-refractivity contribution >= 4 is 40.9 Å². The van der Waals surface area contributed by atoms with E-state index in [1.807, 2.05) is 25.1 Å². The first kappa shape index (κ1) is 25.5. The van der Waals surface area contributed by atoms with E-state index in [1.54, 1.807) is 36.4 Å². The highest BCUT2D eigenvalue weighted by atomic mass is 16.4. The van der Waals surface area contributed by atoms with Crippen LogP contribution in [0.25, 0.3) is 29.2 Å². The van der Waals surface area contributed by atoms with Crippen LogP contribution in [0, 0.1) is 11.3 Å². The molecule has 1 heterocycles. The van der Waals surface area contributed by atoms with Crippen molar-refractivity contribution in [2.24, 2.45) is 0 Å². The Morgan fingerprint density at radius 2 is 1.69 bits per heavy atom. The van der Waals surface area contributed by atoms with Crippen molar-refractivity contribution in [3.63, 3.8) is 0 Å². The molecule has 6 heteroatoms. The number of nitriles is 1. The largest absolute Gasteiger partial charge is 0.477 e. The van der Waals surface area contributed by atoms with Crippen molar-refractivity contribution in [2.75, 3.05) is 18.0 Å². The van der Waals surface area contributed by atoms with E-state index in [9.17, 15) is 9.59 Å². The topological polar surface area (TPSA) is 94.5 Å². The molecular formula is C29H30N2O4. The molecule has 1 aromatic heterocycles. The Bertz CT molecular complexity index is 1350. The monoisotopic (exact) mass is 470 g/mol. The van der Waals surface area contributed by atoms with Crippen LogP contribution in [-0.4, -0.2) is 24.2 Å². The third kappa shape index (κ3) is 6.07. The summed E-state index contributed by atoms with van der Waals surface area (Å²) < 4.78 is 5.74. The summed E-state index contributed by atoms with van der Waals surface area (Å²) in [5.41, 5.74) is 3.86. The Morgan fingerprint density at radius 1 is 1.03 bits per heavy atom. The summed E-state index contributed by atoms with van der Waals surface area (Å²) in [6.45, 7) is 8.24. The maximum absolute atomic E-state index is 12.9. The molecule has 0 aliphatic heterocycles. The number of benzene rings is 2. The first-order valence-corrected chi connectivity index (χ1v) is 11.9. The van der Waals surface area contributed by atoms with Crippen LogP contribution >= 0.6 is 0 Å². The molecule has 35 heavy (non-hydrogen) atoms. The number of aliphatic carboxylic acids is 1. The zero-order chi connectivity index (χ0) is 25.4. The Hall–Kier alpha value is -4.11. The average molecular weight is 471 g/mol. The summed E-state index contributed by atoms with van der Waals surface area (Å²) in [4.78, 5) is 26.2. The first-order chi connectivity index (χ1) is 16.9. The summed E-state index contributed by atoms with van der Waals surface area (Å²) in [5, 5.41) is 18.8. The van der Waals surface area contributed by atoms with Crippen LogP contribution < -0.4 is 10.5 Å². The quantitative estimate of drug-likeness (QED) is 0.217. The molecule has 0 aliphatic rings. The highest BCUT2D eigenvalue weighted by Crippen LogP contribution is 2.27. The summed E-state index contributed by atoms with van der Waals surface area (Å²) in [5.74, 6) is -1.26. The second-order valence-electron chi connectivity index (χ2n) is 8.28. The van der Waals surface area contributed by atoms with E-state index in [4.69, 9.17) is 14.8 Å². The third-order valence-electron chi connectivity index (χ3n) is 5.78. The molecule has 0 aliphatic carbocycles. The highest BCUT2D eigenvalue weighted by Gasteiger charge is 2.14. The fourth-order valence-corrected chi connectivity index (χ4v) is 4.12. The molecule has 0 spiro atoms. The molecule has 0 radical (unpaired) electrons. The van der Waals surface area contributed by atoms with Gasteiger partial charge in [0, 0.05) is 30.2 Å².